The van der Waals surface area contributed by atoms with Gasteiger partial charge in [0, 0.05) is 13.7 Å². The van der Waals surface area contributed by atoms with Crippen molar-refractivity contribution in [3.05, 3.63) is 35.4 Å². The Hall–Kier alpha value is -1.39. The molecule has 0 bridgehead atoms. The lowest BCUT2D eigenvalue weighted by molar-refractivity contribution is -0.0126. The van der Waals surface area contributed by atoms with Gasteiger partial charge in [-0.05, 0) is 31.9 Å². The van der Waals surface area contributed by atoms with Gasteiger partial charge in [0.2, 0.25) is 0 Å². The number of esters is 1. The first kappa shape index (κ1) is 15.7. The zero-order valence-corrected chi connectivity index (χ0v) is 12.1. The van der Waals surface area contributed by atoms with Crippen LogP contribution in [0, 0.1) is 0 Å². The molecule has 106 valence electrons. The van der Waals surface area contributed by atoms with Gasteiger partial charge in [-0.2, -0.15) is 0 Å². The van der Waals surface area contributed by atoms with Crippen LogP contribution < -0.4 is 0 Å². The van der Waals surface area contributed by atoms with Crippen LogP contribution in [0.3, 0.4) is 0 Å². The molecule has 1 aromatic rings. The Balaban J connectivity index is 2.52. The highest BCUT2D eigenvalue weighted by molar-refractivity contribution is 5.90. The van der Waals surface area contributed by atoms with Gasteiger partial charge in [-0.15, -0.1) is 0 Å². The second-order valence-corrected chi connectivity index (χ2v) is 4.92. The minimum Gasteiger partial charge on any atom is -0.465 e. The maximum atomic E-state index is 11.6. The Morgan fingerprint density at radius 2 is 1.89 bits per heavy atom. The van der Waals surface area contributed by atoms with E-state index in [0.717, 1.165) is 12.0 Å². The molecule has 1 aromatic carbocycles. The monoisotopic (exact) mass is 266 g/mol. The standard InChI is InChI=1S/C15H22O4/c1-15(2,18-4)9-10-19-11-12-7-5-6-8-13(12)14(16)17-3/h5-8H,9-11H2,1-4H3. The number of carbonyl (C=O) groups is 1. The predicted octanol–water partition coefficient (Wildman–Crippen LogP) is 2.80. The number of carbonyl (C=O) groups excluding carboxylic acids is 1. The Morgan fingerprint density at radius 1 is 1.21 bits per heavy atom. The van der Waals surface area contributed by atoms with Gasteiger partial charge in [-0.1, -0.05) is 18.2 Å². The predicted molar refractivity (Wildman–Crippen MR) is 73.1 cm³/mol. The molecule has 0 fully saturated rings. The first-order chi connectivity index (χ1) is 9.00. The topological polar surface area (TPSA) is 44.8 Å². The fourth-order valence-corrected chi connectivity index (χ4v) is 1.56. The van der Waals surface area contributed by atoms with Gasteiger partial charge in [0.15, 0.2) is 0 Å². The molecule has 0 radical (unpaired) electrons. The van der Waals surface area contributed by atoms with Crippen LogP contribution >= 0.6 is 0 Å². The highest BCUT2D eigenvalue weighted by Gasteiger charge is 2.16. The van der Waals surface area contributed by atoms with Crippen molar-refractivity contribution in [2.24, 2.45) is 0 Å². The molecular formula is C15H22O4. The van der Waals surface area contributed by atoms with E-state index >= 15 is 0 Å². The van der Waals surface area contributed by atoms with E-state index in [1.165, 1.54) is 7.11 Å². The van der Waals surface area contributed by atoms with Crippen LogP contribution in [0.2, 0.25) is 0 Å². The summed E-state index contributed by atoms with van der Waals surface area (Å²) in [5.74, 6) is -0.337. The minimum absolute atomic E-state index is 0.193. The van der Waals surface area contributed by atoms with E-state index in [1.54, 1.807) is 13.2 Å². The van der Waals surface area contributed by atoms with Crippen molar-refractivity contribution in [3.63, 3.8) is 0 Å². The van der Waals surface area contributed by atoms with Crippen LogP contribution in [0.5, 0.6) is 0 Å². The molecule has 19 heavy (non-hydrogen) atoms. The van der Waals surface area contributed by atoms with Crippen LogP contribution in [-0.2, 0) is 20.8 Å². The van der Waals surface area contributed by atoms with E-state index in [4.69, 9.17) is 14.2 Å². The van der Waals surface area contributed by atoms with Gasteiger partial charge in [-0.3, -0.25) is 0 Å². The van der Waals surface area contributed by atoms with E-state index in [9.17, 15) is 4.79 Å². The summed E-state index contributed by atoms with van der Waals surface area (Å²) >= 11 is 0. The molecule has 4 nitrogen and oxygen atoms in total. The van der Waals surface area contributed by atoms with Crippen molar-refractivity contribution in [2.45, 2.75) is 32.5 Å². The Morgan fingerprint density at radius 3 is 2.53 bits per heavy atom. The van der Waals surface area contributed by atoms with Gasteiger partial charge in [0.1, 0.15) is 0 Å². The SMILES string of the molecule is COC(=O)c1ccccc1COCCC(C)(C)OC. The highest BCUT2D eigenvalue weighted by Crippen LogP contribution is 2.15. The number of ether oxygens (including phenoxy) is 3. The molecule has 0 unspecified atom stereocenters. The molecule has 0 saturated carbocycles. The zero-order valence-electron chi connectivity index (χ0n) is 12.1. The molecular weight excluding hydrogens is 244 g/mol. The number of rotatable bonds is 7. The van der Waals surface area contributed by atoms with Gasteiger partial charge in [-0.25, -0.2) is 4.79 Å². The van der Waals surface area contributed by atoms with Gasteiger partial charge < -0.3 is 14.2 Å². The van der Waals surface area contributed by atoms with E-state index in [0.29, 0.717) is 18.8 Å². The summed E-state index contributed by atoms with van der Waals surface area (Å²) in [6.45, 7) is 5.00. The van der Waals surface area contributed by atoms with Crippen molar-refractivity contribution < 1.29 is 19.0 Å². The second kappa shape index (κ2) is 7.26. The van der Waals surface area contributed by atoms with Crippen LogP contribution in [0.25, 0.3) is 0 Å². The van der Waals surface area contributed by atoms with Crippen LogP contribution in [0.15, 0.2) is 24.3 Å². The molecule has 0 spiro atoms. The largest absolute Gasteiger partial charge is 0.465 e. The molecule has 0 N–H and O–H groups in total. The molecule has 1 rings (SSSR count). The summed E-state index contributed by atoms with van der Waals surface area (Å²) in [5, 5.41) is 0. The first-order valence-electron chi connectivity index (χ1n) is 6.29. The zero-order chi connectivity index (χ0) is 14.3. The molecule has 0 aromatic heterocycles. The summed E-state index contributed by atoms with van der Waals surface area (Å²) in [4.78, 5) is 11.6. The number of methoxy groups -OCH3 is 2. The lowest BCUT2D eigenvalue weighted by atomic mass is 10.1. The van der Waals surface area contributed by atoms with Crippen molar-refractivity contribution in [2.75, 3.05) is 20.8 Å². The lowest BCUT2D eigenvalue weighted by Crippen LogP contribution is -2.24. The van der Waals surface area contributed by atoms with E-state index in [2.05, 4.69) is 0 Å². The quantitative estimate of drug-likeness (QED) is 0.562. The second-order valence-electron chi connectivity index (χ2n) is 4.92. The smallest absolute Gasteiger partial charge is 0.338 e. The Bertz CT molecular complexity index is 412. The highest BCUT2D eigenvalue weighted by atomic mass is 16.5. The molecule has 4 heteroatoms. The molecule has 0 aliphatic heterocycles. The third-order valence-electron chi connectivity index (χ3n) is 3.08. The lowest BCUT2D eigenvalue weighted by Gasteiger charge is -2.22. The van der Waals surface area contributed by atoms with Gasteiger partial charge in [0.05, 0.1) is 24.9 Å². The fourth-order valence-electron chi connectivity index (χ4n) is 1.56. The molecule has 0 heterocycles. The summed E-state index contributed by atoms with van der Waals surface area (Å²) in [6.07, 6.45) is 0.796. The van der Waals surface area contributed by atoms with Gasteiger partial charge >= 0.3 is 5.97 Å². The first-order valence-corrected chi connectivity index (χ1v) is 6.29. The number of benzene rings is 1. The van der Waals surface area contributed by atoms with E-state index in [1.807, 2.05) is 32.0 Å². The third kappa shape index (κ3) is 5.01. The molecule has 0 aliphatic rings. The summed E-state index contributed by atoms with van der Waals surface area (Å²) < 4.78 is 15.7. The minimum atomic E-state index is -0.337. The molecule has 0 atom stereocenters. The molecule has 0 saturated heterocycles. The molecule has 0 aliphatic carbocycles. The van der Waals surface area contributed by atoms with Crippen LogP contribution in [0.1, 0.15) is 36.2 Å². The number of hydrogen-bond donors (Lipinski definition) is 0. The van der Waals surface area contributed by atoms with Crippen molar-refractivity contribution in [1.82, 2.24) is 0 Å². The van der Waals surface area contributed by atoms with E-state index in [-0.39, 0.29) is 11.6 Å². The maximum absolute atomic E-state index is 11.6. The molecule has 0 amide bonds. The van der Waals surface area contributed by atoms with E-state index < -0.39 is 0 Å². The van der Waals surface area contributed by atoms with Crippen LogP contribution in [-0.4, -0.2) is 32.4 Å². The van der Waals surface area contributed by atoms with Crippen molar-refractivity contribution in [1.29, 1.82) is 0 Å². The summed E-state index contributed by atoms with van der Waals surface area (Å²) in [6, 6.07) is 7.30. The van der Waals surface area contributed by atoms with Gasteiger partial charge in [0.25, 0.3) is 0 Å². The van der Waals surface area contributed by atoms with Crippen molar-refractivity contribution in [3.8, 4) is 0 Å². The Labute approximate surface area is 114 Å². The average Bonchev–Trinajstić information content (AvgIpc) is 2.43. The van der Waals surface area contributed by atoms with Crippen molar-refractivity contribution >= 4 is 5.97 Å². The maximum Gasteiger partial charge on any atom is 0.338 e. The van der Waals surface area contributed by atoms with Crippen LogP contribution in [0.4, 0.5) is 0 Å². The summed E-state index contributed by atoms with van der Waals surface area (Å²) in [7, 11) is 3.06. The summed E-state index contributed by atoms with van der Waals surface area (Å²) in [5.41, 5.74) is 1.20. The normalized spacial score (nSPS) is 11.4. The number of hydrogen-bond acceptors (Lipinski definition) is 4. The third-order valence-corrected chi connectivity index (χ3v) is 3.08. The fraction of sp³-hybridized carbons (Fsp3) is 0.533. The average molecular weight is 266 g/mol. The Kier molecular flexibility index (Phi) is 5.99.